The Hall–Kier alpha value is -2.18. The molecule has 0 heterocycles. The summed E-state index contributed by atoms with van der Waals surface area (Å²) in [5, 5.41) is 30.0. The van der Waals surface area contributed by atoms with Crippen LogP contribution >= 0.6 is 11.8 Å². The number of thioether (sulfide) groups is 1. The highest BCUT2D eigenvalue weighted by atomic mass is 32.2. The first-order valence-electron chi connectivity index (χ1n) is 7.16. The summed E-state index contributed by atoms with van der Waals surface area (Å²) in [5.41, 5.74) is 5.27. The van der Waals surface area contributed by atoms with E-state index in [1.165, 1.54) is 6.92 Å². The maximum atomic E-state index is 11.9. The number of rotatable bonds is 11. The molecule has 11 nitrogen and oxygen atoms in total. The third-order valence-corrected chi connectivity index (χ3v) is 3.92. The van der Waals surface area contributed by atoms with E-state index in [1.54, 1.807) is 0 Å². The monoisotopic (exact) mass is 379 g/mol. The Morgan fingerprint density at radius 1 is 1.16 bits per heavy atom. The van der Waals surface area contributed by atoms with Crippen molar-refractivity contribution < 1.29 is 39.3 Å². The van der Waals surface area contributed by atoms with Crippen molar-refractivity contribution in [3.63, 3.8) is 0 Å². The zero-order valence-corrected chi connectivity index (χ0v) is 14.2. The molecule has 142 valence electrons. The van der Waals surface area contributed by atoms with Crippen LogP contribution in [0.1, 0.15) is 19.8 Å². The van der Waals surface area contributed by atoms with Crippen LogP contribution in [0.5, 0.6) is 0 Å². The molecule has 0 aliphatic carbocycles. The summed E-state index contributed by atoms with van der Waals surface area (Å²) in [4.78, 5) is 56.2. The standard InChI is InChI=1S/C13H21N3O8S/c1-6(17)13(24)25-5-8(11(21)15-4-10(19)20)16-9(18)3-2-7(14)12(22)23/h6-8,17H,2-5,14H2,1H3,(H,15,21)(H,16,18)(H,19,20)(H,22,23)/t6-,7-,8?/m0/s1. The van der Waals surface area contributed by atoms with E-state index in [1.807, 2.05) is 0 Å². The zero-order valence-electron chi connectivity index (χ0n) is 13.4. The molecule has 2 amide bonds. The van der Waals surface area contributed by atoms with Crippen molar-refractivity contribution in [2.45, 2.75) is 38.0 Å². The maximum Gasteiger partial charge on any atom is 0.322 e. The molecule has 0 fully saturated rings. The second-order valence-electron chi connectivity index (χ2n) is 5.02. The van der Waals surface area contributed by atoms with Gasteiger partial charge >= 0.3 is 11.9 Å². The molecule has 0 aromatic rings. The third kappa shape index (κ3) is 10.3. The molecule has 0 rings (SSSR count). The Bertz CT molecular complexity index is 525. The molecule has 25 heavy (non-hydrogen) atoms. The van der Waals surface area contributed by atoms with Gasteiger partial charge in [-0.3, -0.25) is 24.0 Å². The van der Waals surface area contributed by atoms with Crippen LogP contribution in [0, 0.1) is 0 Å². The topological polar surface area (TPSA) is 196 Å². The average Bonchev–Trinajstić information content (AvgIpc) is 2.53. The summed E-state index contributed by atoms with van der Waals surface area (Å²) < 4.78 is 0. The van der Waals surface area contributed by atoms with Gasteiger partial charge in [0.2, 0.25) is 16.9 Å². The maximum absolute atomic E-state index is 11.9. The molecule has 0 aromatic carbocycles. The molecular weight excluding hydrogens is 358 g/mol. The molecule has 0 saturated heterocycles. The molecule has 12 heteroatoms. The number of carboxylic acid groups (broad SMARTS) is 2. The smallest absolute Gasteiger partial charge is 0.322 e. The molecule has 0 aliphatic heterocycles. The summed E-state index contributed by atoms with van der Waals surface area (Å²) in [7, 11) is 0. The highest BCUT2D eigenvalue weighted by molar-refractivity contribution is 8.13. The molecule has 0 aromatic heterocycles. The van der Waals surface area contributed by atoms with Gasteiger partial charge < -0.3 is 31.7 Å². The van der Waals surface area contributed by atoms with Crippen molar-refractivity contribution in [1.82, 2.24) is 10.6 Å². The van der Waals surface area contributed by atoms with Gasteiger partial charge in [0.05, 0.1) is 0 Å². The van der Waals surface area contributed by atoms with E-state index in [2.05, 4.69) is 10.6 Å². The van der Waals surface area contributed by atoms with E-state index < -0.39 is 53.6 Å². The van der Waals surface area contributed by atoms with Gasteiger partial charge in [0, 0.05) is 12.2 Å². The number of carbonyl (C=O) groups excluding carboxylic acids is 3. The average molecular weight is 379 g/mol. The SMILES string of the molecule is C[C@H](O)C(=O)SCC(NC(=O)CC[C@H](N)C(=O)O)C(=O)NCC(=O)O. The van der Waals surface area contributed by atoms with E-state index in [0.29, 0.717) is 11.8 Å². The summed E-state index contributed by atoms with van der Waals surface area (Å²) in [6.45, 7) is 0.560. The van der Waals surface area contributed by atoms with Crippen LogP contribution in [0.3, 0.4) is 0 Å². The Morgan fingerprint density at radius 2 is 1.76 bits per heavy atom. The van der Waals surface area contributed by atoms with E-state index in [9.17, 15) is 24.0 Å². The fourth-order valence-electron chi connectivity index (χ4n) is 1.43. The number of hydrogen-bond acceptors (Lipinski definition) is 8. The highest BCUT2D eigenvalue weighted by Gasteiger charge is 2.24. The molecule has 0 bridgehead atoms. The lowest BCUT2D eigenvalue weighted by molar-refractivity contribution is -0.139. The predicted octanol–water partition coefficient (Wildman–Crippen LogP) is -2.50. The van der Waals surface area contributed by atoms with Gasteiger partial charge in [-0.15, -0.1) is 0 Å². The van der Waals surface area contributed by atoms with Crippen LogP contribution in [0.15, 0.2) is 0 Å². The Balaban J connectivity index is 4.72. The number of aliphatic hydroxyl groups is 1. The summed E-state index contributed by atoms with van der Waals surface area (Å²) >= 11 is 0.596. The molecule has 0 saturated carbocycles. The summed E-state index contributed by atoms with van der Waals surface area (Å²) in [6.07, 6.45) is -1.70. The van der Waals surface area contributed by atoms with Crippen molar-refractivity contribution in [3.8, 4) is 0 Å². The molecule has 0 spiro atoms. The van der Waals surface area contributed by atoms with Gasteiger partial charge in [-0.25, -0.2) is 0 Å². The molecule has 0 aliphatic rings. The third-order valence-electron chi connectivity index (χ3n) is 2.80. The van der Waals surface area contributed by atoms with Crippen LogP contribution in [-0.4, -0.2) is 74.7 Å². The number of carbonyl (C=O) groups is 5. The van der Waals surface area contributed by atoms with Crippen molar-refractivity contribution in [1.29, 1.82) is 0 Å². The van der Waals surface area contributed by atoms with Gasteiger partial charge in [0.25, 0.3) is 0 Å². The number of carboxylic acids is 2. The van der Waals surface area contributed by atoms with E-state index in [-0.39, 0.29) is 18.6 Å². The first kappa shape index (κ1) is 22.8. The number of hydrogen-bond donors (Lipinski definition) is 6. The molecule has 1 unspecified atom stereocenters. The minimum Gasteiger partial charge on any atom is -0.480 e. The number of aliphatic carboxylic acids is 2. The van der Waals surface area contributed by atoms with Gasteiger partial charge in [-0.1, -0.05) is 11.8 Å². The number of amides is 2. The lowest BCUT2D eigenvalue weighted by Gasteiger charge is -2.18. The van der Waals surface area contributed by atoms with Crippen LogP contribution in [0.4, 0.5) is 0 Å². The first-order chi connectivity index (χ1) is 11.5. The second kappa shape index (κ2) is 11.4. The van der Waals surface area contributed by atoms with Gasteiger partial charge in [-0.2, -0.15) is 0 Å². The minimum absolute atomic E-state index is 0.162. The molecule has 0 radical (unpaired) electrons. The second-order valence-corrected chi connectivity index (χ2v) is 6.05. The highest BCUT2D eigenvalue weighted by Crippen LogP contribution is 2.08. The minimum atomic E-state index is -1.29. The van der Waals surface area contributed by atoms with Crippen LogP contribution in [0.2, 0.25) is 0 Å². The fourth-order valence-corrected chi connectivity index (χ4v) is 2.24. The molecule has 7 N–H and O–H groups in total. The number of nitrogens with two attached hydrogens (primary N) is 1. The van der Waals surface area contributed by atoms with Crippen molar-refractivity contribution >= 4 is 40.6 Å². The van der Waals surface area contributed by atoms with Gasteiger partial charge in [0.15, 0.2) is 0 Å². The number of nitrogens with one attached hydrogen (secondary N) is 2. The summed E-state index contributed by atoms with van der Waals surface area (Å²) in [6, 6.07) is -2.48. The fraction of sp³-hybridized carbons (Fsp3) is 0.615. The Labute approximate surface area is 147 Å². The van der Waals surface area contributed by atoms with E-state index in [0.717, 1.165) is 0 Å². The van der Waals surface area contributed by atoms with Crippen LogP contribution in [0.25, 0.3) is 0 Å². The normalized spacial score (nSPS) is 14.0. The largest absolute Gasteiger partial charge is 0.480 e. The quantitative estimate of drug-likeness (QED) is 0.223. The summed E-state index contributed by atoms with van der Waals surface area (Å²) in [5.74, 6) is -4.31. The first-order valence-corrected chi connectivity index (χ1v) is 8.15. The number of aliphatic hydroxyl groups excluding tert-OH is 1. The zero-order chi connectivity index (χ0) is 19.6. The predicted molar refractivity (Wildman–Crippen MR) is 86.6 cm³/mol. The van der Waals surface area contributed by atoms with Crippen LogP contribution in [-0.2, 0) is 24.0 Å². The van der Waals surface area contributed by atoms with Crippen molar-refractivity contribution in [3.05, 3.63) is 0 Å². The van der Waals surface area contributed by atoms with Crippen LogP contribution < -0.4 is 16.4 Å². The van der Waals surface area contributed by atoms with Crippen molar-refractivity contribution in [2.24, 2.45) is 5.73 Å². The lowest BCUT2D eigenvalue weighted by atomic mass is 10.1. The van der Waals surface area contributed by atoms with Gasteiger partial charge in [0.1, 0.15) is 24.7 Å². The lowest BCUT2D eigenvalue weighted by Crippen LogP contribution is -2.49. The van der Waals surface area contributed by atoms with E-state index >= 15 is 0 Å². The Kier molecular flexibility index (Phi) is 10.4. The van der Waals surface area contributed by atoms with Gasteiger partial charge in [-0.05, 0) is 13.3 Å². The Morgan fingerprint density at radius 3 is 2.24 bits per heavy atom. The van der Waals surface area contributed by atoms with E-state index in [4.69, 9.17) is 21.1 Å². The molecule has 3 atom stereocenters. The van der Waals surface area contributed by atoms with Crippen molar-refractivity contribution in [2.75, 3.05) is 12.3 Å². The molecular formula is C13H21N3O8S.